The Labute approximate surface area is 136 Å². The van der Waals surface area contributed by atoms with Gasteiger partial charge in [-0.05, 0) is 24.6 Å². The molecule has 1 heterocycles. The molecule has 1 aromatic carbocycles. The predicted molar refractivity (Wildman–Crippen MR) is 91.0 cm³/mol. The lowest BCUT2D eigenvalue weighted by Crippen LogP contribution is -2.30. The highest BCUT2D eigenvalue weighted by molar-refractivity contribution is 7.84. The lowest BCUT2D eigenvalue weighted by atomic mass is 10.3. The van der Waals surface area contributed by atoms with Crippen LogP contribution in [0.25, 0.3) is 0 Å². The standard InChI is InChI=1S/C15H19N3O2S2/c1-3-12-10-17-14(21-12)7-8-16-15(19)18-11-5-4-6-13(9-11)22(2)20/h4-6,9-10H,3,7-8H2,1-2H3,(H2,16,18,19)/t22-/m1/s1. The van der Waals surface area contributed by atoms with Gasteiger partial charge in [0.05, 0.1) is 5.01 Å². The number of carbonyl (C=O) groups is 1. The van der Waals surface area contributed by atoms with E-state index in [-0.39, 0.29) is 6.03 Å². The number of hydrogen-bond donors (Lipinski definition) is 2. The number of anilines is 1. The average Bonchev–Trinajstić information content (AvgIpc) is 2.95. The first-order chi connectivity index (χ1) is 10.6. The van der Waals surface area contributed by atoms with Crippen LogP contribution in [0, 0.1) is 0 Å². The van der Waals surface area contributed by atoms with Gasteiger partial charge in [-0.2, -0.15) is 0 Å². The quantitative estimate of drug-likeness (QED) is 0.851. The molecule has 0 bridgehead atoms. The number of thiazole rings is 1. The summed E-state index contributed by atoms with van der Waals surface area (Å²) in [4.78, 5) is 18.1. The molecule has 0 fully saturated rings. The van der Waals surface area contributed by atoms with E-state index in [1.54, 1.807) is 41.9 Å². The number of urea groups is 1. The number of carbonyl (C=O) groups excluding carboxylic acids is 1. The highest BCUT2D eigenvalue weighted by Gasteiger charge is 2.05. The first-order valence-electron chi connectivity index (χ1n) is 7.00. The topological polar surface area (TPSA) is 71.1 Å². The Morgan fingerprint density at radius 3 is 2.91 bits per heavy atom. The second-order valence-electron chi connectivity index (χ2n) is 4.69. The van der Waals surface area contributed by atoms with Crippen molar-refractivity contribution in [1.29, 1.82) is 0 Å². The van der Waals surface area contributed by atoms with Crippen molar-refractivity contribution in [3.8, 4) is 0 Å². The Morgan fingerprint density at radius 1 is 1.41 bits per heavy atom. The van der Waals surface area contributed by atoms with Crippen molar-refractivity contribution in [2.24, 2.45) is 0 Å². The first-order valence-corrected chi connectivity index (χ1v) is 9.38. The average molecular weight is 337 g/mol. The van der Waals surface area contributed by atoms with Crippen molar-refractivity contribution in [2.75, 3.05) is 18.1 Å². The molecular formula is C15H19N3O2S2. The second kappa shape index (κ2) is 8.05. The van der Waals surface area contributed by atoms with Gasteiger partial charge in [0.2, 0.25) is 0 Å². The van der Waals surface area contributed by atoms with Gasteiger partial charge < -0.3 is 10.6 Å². The minimum Gasteiger partial charge on any atom is -0.337 e. The minimum absolute atomic E-state index is 0.272. The molecule has 2 aromatic rings. The zero-order chi connectivity index (χ0) is 15.9. The lowest BCUT2D eigenvalue weighted by molar-refractivity contribution is 0.252. The molecular weight excluding hydrogens is 318 g/mol. The van der Waals surface area contributed by atoms with Crippen LogP contribution < -0.4 is 10.6 Å². The maximum absolute atomic E-state index is 11.8. The first kappa shape index (κ1) is 16.6. The molecule has 22 heavy (non-hydrogen) atoms. The molecule has 0 aliphatic carbocycles. The van der Waals surface area contributed by atoms with Crippen LogP contribution >= 0.6 is 11.3 Å². The smallest absolute Gasteiger partial charge is 0.319 e. The molecule has 0 radical (unpaired) electrons. The maximum Gasteiger partial charge on any atom is 0.319 e. The second-order valence-corrected chi connectivity index (χ2v) is 7.27. The van der Waals surface area contributed by atoms with Gasteiger partial charge in [-0.15, -0.1) is 11.3 Å². The number of nitrogens with zero attached hydrogens (tertiary/aromatic N) is 1. The Morgan fingerprint density at radius 2 is 2.23 bits per heavy atom. The van der Waals surface area contributed by atoms with E-state index in [2.05, 4.69) is 22.5 Å². The summed E-state index contributed by atoms with van der Waals surface area (Å²) in [5.74, 6) is 0. The largest absolute Gasteiger partial charge is 0.337 e. The van der Waals surface area contributed by atoms with Crippen LogP contribution in [0.15, 0.2) is 35.4 Å². The van der Waals surface area contributed by atoms with E-state index < -0.39 is 10.8 Å². The molecule has 0 aliphatic heterocycles. The Kier molecular flexibility index (Phi) is 6.09. The molecule has 2 rings (SSSR count). The van der Waals surface area contributed by atoms with E-state index in [4.69, 9.17) is 0 Å². The molecule has 118 valence electrons. The van der Waals surface area contributed by atoms with Crippen molar-refractivity contribution in [2.45, 2.75) is 24.7 Å². The summed E-state index contributed by atoms with van der Waals surface area (Å²) in [6, 6.07) is 6.75. The molecule has 0 aliphatic rings. The summed E-state index contributed by atoms with van der Waals surface area (Å²) < 4.78 is 11.4. The number of rotatable bonds is 6. The Hall–Kier alpha value is -1.73. The summed E-state index contributed by atoms with van der Waals surface area (Å²) in [6.45, 7) is 2.63. The number of benzene rings is 1. The maximum atomic E-state index is 11.8. The fraction of sp³-hybridized carbons (Fsp3) is 0.333. The van der Waals surface area contributed by atoms with Crippen LogP contribution in [0.3, 0.4) is 0 Å². The third kappa shape index (κ3) is 4.92. The molecule has 0 saturated carbocycles. The third-order valence-corrected chi connectivity index (χ3v) is 5.12. The third-order valence-electron chi connectivity index (χ3n) is 3.00. The van der Waals surface area contributed by atoms with Crippen molar-refractivity contribution in [3.05, 3.63) is 40.3 Å². The normalized spacial score (nSPS) is 11.9. The monoisotopic (exact) mass is 337 g/mol. The van der Waals surface area contributed by atoms with Gasteiger partial charge in [0, 0.05) is 51.7 Å². The number of amides is 2. The van der Waals surface area contributed by atoms with Gasteiger partial charge in [-0.1, -0.05) is 13.0 Å². The van der Waals surface area contributed by atoms with Gasteiger partial charge in [0.1, 0.15) is 0 Å². The number of hydrogen-bond acceptors (Lipinski definition) is 4. The number of aromatic nitrogens is 1. The van der Waals surface area contributed by atoms with Gasteiger partial charge in [0.15, 0.2) is 0 Å². The van der Waals surface area contributed by atoms with Crippen LogP contribution in [0.1, 0.15) is 16.8 Å². The van der Waals surface area contributed by atoms with E-state index in [1.165, 1.54) is 4.88 Å². The van der Waals surface area contributed by atoms with E-state index in [0.29, 0.717) is 17.1 Å². The summed E-state index contributed by atoms with van der Waals surface area (Å²) in [6.07, 6.45) is 5.20. The fourth-order valence-electron chi connectivity index (χ4n) is 1.84. The summed E-state index contributed by atoms with van der Waals surface area (Å²) in [5.41, 5.74) is 0.632. The Balaban J connectivity index is 1.80. The van der Waals surface area contributed by atoms with Gasteiger partial charge in [0.25, 0.3) is 0 Å². The highest BCUT2D eigenvalue weighted by atomic mass is 32.2. The zero-order valence-electron chi connectivity index (χ0n) is 12.6. The van der Waals surface area contributed by atoms with E-state index in [0.717, 1.165) is 17.8 Å². The molecule has 0 saturated heterocycles. The van der Waals surface area contributed by atoms with Crippen LogP contribution in [0.2, 0.25) is 0 Å². The summed E-state index contributed by atoms with van der Waals surface area (Å²) >= 11 is 1.68. The molecule has 1 aromatic heterocycles. The van der Waals surface area contributed by atoms with Gasteiger partial charge >= 0.3 is 6.03 Å². The van der Waals surface area contributed by atoms with E-state index in [9.17, 15) is 9.00 Å². The number of aryl methyl sites for hydroxylation is 1. The number of nitrogens with one attached hydrogen (secondary N) is 2. The summed E-state index contributed by atoms with van der Waals surface area (Å²) in [5, 5.41) is 6.56. The fourth-order valence-corrected chi connectivity index (χ4v) is 3.26. The van der Waals surface area contributed by atoms with Crippen LogP contribution in [-0.4, -0.2) is 28.0 Å². The van der Waals surface area contributed by atoms with Crippen molar-refractivity contribution >= 4 is 33.9 Å². The van der Waals surface area contributed by atoms with E-state index >= 15 is 0 Å². The predicted octanol–water partition coefficient (Wildman–Crippen LogP) is 2.81. The molecule has 2 N–H and O–H groups in total. The van der Waals surface area contributed by atoms with Crippen molar-refractivity contribution < 1.29 is 9.00 Å². The molecule has 2 amide bonds. The lowest BCUT2D eigenvalue weighted by Gasteiger charge is -2.07. The van der Waals surface area contributed by atoms with Crippen LogP contribution in [0.5, 0.6) is 0 Å². The SMILES string of the molecule is CCc1cnc(CCNC(=O)Nc2cccc([S@@](C)=O)c2)s1. The minimum atomic E-state index is -1.06. The van der Waals surface area contributed by atoms with Crippen molar-refractivity contribution in [1.82, 2.24) is 10.3 Å². The van der Waals surface area contributed by atoms with Gasteiger partial charge in [-0.3, -0.25) is 4.21 Å². The molecule has 5 nitrogen and oxygen atoms in total. The Bertz CT molecular complexity index is 670. The van der Waals surface area contributed by atoms with Gasteiger partial charge in [-0.25, -0.2) is 9.78 Å². The molecule has 0 unspecified atom stereocenters. The molecule has 7 heteroatoms. The molecule has 1 atom stereocenters. The van der Waals surface area contributed by atoms with Crippen molar-refractivity contribution in [3.63, 3.8) is 0 Å². The van der Waals surface area contributed by atoms with Crippen LogP contribution in [-0.2, 0) is 23.6 Å². The molecule has 0 spiro atoms. The zero-order valence-corrected chi connectivity index (χ0v) is 14.2. The van der Waals surface area contributed by atoms with Crippen LogP contribution in [0.4, 0.5) is 10.5 Å². The highest BCUT2D eigenvalue weighted by Crippen LogP contribution is 2.14. The van der Waals surface area contributed by atoms with E-state index in [1.807, 2.05) is 6.20 Å². The summed E-state index contributed by atoms with van der Waals surface area (Å²) in [7, 11) is -1.06.